The molecule has 0 spiro atoms. The van der Waals surface area contributed by atoms with Crippen LogP contribution in [0, 0.1) is 5.92 Å². The first-order valence-corrected chi connectivity index (χ1v) is 15.4. The van der Waals surface area contributed by atoms with Gasteiger partial charge in [0, 0.05) is 19.5 Å². The van der Waals surface area contributed by atoms with Crippen molar-refractivity contribution in [2.45, 2.75) is 90.6 Å². The third-order valence-electron chi connectivity index (χ3n) is 8.98. The van der Waals surface area contributed by atoms with E-state index < -0.39 is 0 Å². The van der Waals surface area contributed by atoms with E-state index in [0.29, 0.717) is 24.0 Å². The summed E-state index contributed by atoms with van der Waals surface area (Å²) in [6.45, 7) is 13.3. The van der Waals surface area contributed by atoms with E-state index in [1.54, 1.807) is 0 Å². The van der Waals surface area contributed by atoms with Crippen molar-refractivity contribution in [2.75, 3.05) is 32.8 Å². The molecule has 0 amide bonds. The van der Waals surface area contributed by atoms with Crippen LogP contribution < -0.4 is 9.47 Å². The summed E-state index contributed by atoms with van der Waals surface area (Å²) < 4.78 is 18.4. The Morgan fingerprint density at radius 3 is 2.67 bits per heavy atom. The lowest BCUT2D eigenvalue weighted by Gasteiger charge is -2.41. The number of carbonyl (C=O) groups excluding carboxylic acids is 1. The van der Waals surface area contributed by atoms with Crippen LogP contribution in [-0.4, -0.2) is 49.3 Å². The second kappa shape index (κ2) is 12.9. The van der Waals surface area contributed by atoms with Gasteiger partial charge in [0.15, 0.2) is 0 Å². The molecule has 0 bridgehead atoms. The molecule has 0 radical (unpaired) electrons. The molecule has 0 N–H and O–H groups in total. The third kappa shape index (κ3) is 6.98. The van der Waals surface area contributed by atoms with Crippen LogP contribution in [0.1, 0.15) is 95.2 Å². The molecule has 2 atom stereocenters. The van der Waals surface area contributed by atoms with Crippen LogP contribution in [0.25, 0.3) is 5.57 Å². The zero-order chi connectivity index (χ0) is 28.1. The molecule has 3 aliphatic rings. The van der Waals surface area contributed by atoms with E-state index in [9.17, 15) is 4.79 Å². The molecule has 40 heavy (non-hydrogen) atoms. The van der Waals surface area contributed by atoms with E-state index in [2.05, 4.69) is 75.1 Å². The average Bonchev–Trinajstić information content (AvgIpc) is 2.93. The van der Waals surface area contributed by atoms with E-state index >= 15 is 0 Å². The van der Waals surface area contributed by atoms with Crippen LogP contribution in [-0.2, 0) is 16.0 Å². The quantitative estimate of drug-likeness (QED) is 0.228. The van der Waals surface area contributed by atoms with Gasteiger partial charge in [-0.15, -0.1) is 0 Å². The second-order valence-electron chi connectivity index (χ2n) is 12.6. The lowest BCUT2D eigenvalue weighted by atomic mass is 9.74. The zero-order valence-electron chi connectivity index (χ0n) is 25.0. The molecule has 5 heteroatoms. The minimum absolute atomic E-state index is 0.153. The lowest BCUT2D eigenvalue weighted by molar-refractivity contribution is -0.134. The van der Waals surface area contributed by atoms with Gasteiger partial charge in [0.1, 0.15) is 17.1 Å². The largest absolute Gasteiger partial charge is 0.483 e. The summed E-state index contributed by atoms with van der Waals surface area (Å²) in [5.41, 5.74) is 5.93. The van der Waals surface area contributed by atoms with Gasteiger partial charge in [-0.3, -0.25) is 9.69 Å². The number of carbonyl (C=O) groups is 1. The molecule has 216 valence electrons. The Bertz CT molecular complexity index is 1200. The van der Waals surface area contributed by atoms with Gasteiger partial charge < -0.3 is 14.2 Å². The number of fused-ring (bicyclic) bond motifs is 2. The Balaban J connectivity index is 1.36. The molecule has 5 nitrogen and oxygen atoms in total. The van der Waals surface area contributed by atoms with Crippen LogP contribution in [0.3, 0.4) is 0 Å². The van der Waals surface area contributed by atoms with Crippen molar-refractivity contribution in [3.8, 4) is 11.5 Å². The fraction of sp³-hybridized carbons (Fsp3) is 0.571. The molecule has 2 aromatic carbocycles. The smallest absolute Gasteiger partial charge is 0.311 e. The maximum atomic E-state index is 13.2. The molecule has 5 rings (SSSR count). The monoisotopic (exact) mass is 545 g/mol. The van der Waals surface area contributed by atoms with Crippen molar-refractivity contribution in [2.24, 2.45) is 5.92 Å². The van der Waals surface area contributed by atoms with Crippen molar-refractivity contribution in [3.05, 3.63) is 64.7 Å². The normalized spacial score (nSPS) is 21.2. The highest BCUT2D eigenvalue weighted by Gasteiger charge is 2.39. The van der Waals surface area contributed by atoms with Crippen LogP contribution in [0.4, 0.5) is 0 Å². The predicted octanol–water partition coefficient (Wildman–Crippen LogP) is 7.58. The molecule has 1 aliphatic carbocycles. The maximum absolute atomic E-state index is 13.2. The fourth-order valence-electron chi connectivity index (χ4n) is 6.59. The maximum Gasteiger partial charge on any atom is 0.311 e. The Hall–Kier alpha value is -2.63. The van der Waals surface area contributed by atoms with Gasteiger partial charge in [0.2, 0.25) is 0 Å². The van der Waals surface area contributed by atoms with Gasteiger partial charge in [-0.25, -0.2) is 0 Å². The molecule has 1 fully saturated rings. The van der Waals surface area contributed by atoms with Gasteiger partial charge in [0.25, 0.3) is 0 Å². The molecule has 2 aromatic rings. The van der Waals surface area contributed by atoms with Crippen LogP contribution >= 0.6 is 0 Å². The number of rotatable bonds is 10. The number of allylic oxidation sites excluding steroid dienone is 1. The summed E-state index contributed by atoms with van der Waals surface area (Å²) >= 11 is 0. The molecule has 2 aliphatic heterocycles. The van der Waals surface area contributed by atoms with E-state index in [4.69, 9.17) is 14.2 Å². The number of benzene rings is 2. The second-order valence-corrected chi connectivity index (χ2v) is 12.6. The zero-order valence-corrected chi connectivity index (χ0v) is 25.0. The van der Waals surface area contributed by atoms with Crippen molar-refractivity contribution >= 4 is 11.5 Å². The molecule has 1 saturated heterocycles. The van der Waals surface area contributed by atoms with Crippen molar-refractivity contribution in [1.29, 1.82) is 0 Å². The van der Waals surface area contributed by atoms with E-state index in [-0.39, 0.29) is 11.6 Å². The lowest BCUT2D eigenvalue weighted by Crippen LogP contribution is -2.37. The topological polar surface area (TPSA) is 48.0 Å². The summed E-state index contributed by atoms with van der Waals surface area (Å²) in [5.74, 6) is 2.35. The van der Waals surface area contributed by atoms with E-state index in [0.717, 1.165) is 82.7 Å². The number of esters is 1. The van der Waals surface area contributed by atoms with Gasteiger partial charge in [-0.05, 0) is 112 Å². The number of ether oxygens (including phenoxy) is 3. The molecule has 2 heterocycles. The summed E-state index contributed by atoms with van der Waals surface area (Å²) in [4.78, 5) is 15.5. The number of hydrogen-bond acceptors (Lipinski definition) is 5. The van der Waals surface area contributed by atoms with Gasteiger partial charge in [-0.2, -0.15) is 0 Å². The molecular weight excluding hydrogens is 498 g/mol. The van der Waals surface area contributed by atoms with Crippen LogP contribution in [0.15, 0.2) is 48.0 Å². The fourth-order valence-corrected chi connectivity index (χ4v) is 6.59. The Labute approximate surface area is 240 Å². The first-order valence-electron chi connectivity index (χ1n) is 15.4. The number of morpholine rings is 1. The van der Waals surface area contributed by atoms with Crippen molar-refractivity contribution in [1.82, 2.24) is 4.90 Å². The SMILES string of the molecule is CC1CCC2=C(C1)c1c(OC(=O)CCCN3CCOCC3)cc(C(C)CCCc3ccccc3)cc1OC2(C)C. The summed E-state index contributed by atoms with van der Waals surface area (Å²) in [5, 5.41) is 0. The van der Waals surface area contributed by atoms with Crippen LogP contribution in [0.2, 0.25) is 0 Å². The molecular formula is C35H47NO4. The minimum atomic E-state index is -0.350. The van der Waals surface area contributed by atoms with Gasteiger partial charge in [0.05, 0.1) is 18.8 Å². The number of hydrogen-bond donors (Lipinski definition) is 0. The van der Waals surface area contributed by atoms with Crippen molar-refractivity contribution < 1.29 is 19.0 Å². The summed E-state index contributed by atoms with van der Waals surface area (Å²) in [6.07, 6.45) is 7.67. The highest BCUT2D eigenvalue weighted by molar-refractivity contribution is 5.84. The standard InChI is InChI=1S/C35H47NO4/c1-25-15-16-30-29(22-25)34-31(39-33(37)14-9-17-36-18-20-38-21-19-36)23-28(24-32(34)40-35(30,3)4)26(2)10-8-13-27-11-6-5-7-12-27/h5-7,11-12,23-26H,8-10,13-22H2,1-4H3. The Morgan fingerprint density at radius 2 is 1.90 bits per heavy atom. The third-order valence-corrected chi connectivity index (χ3v) is 8.98. The molecule has 0 aromatic heterocycles. The highest BCUT2D eigenvalue weighted by Crippen LogP contribution is 2.52. The molecule has 0 saturated carbocycles. The van der Waals surface area contributed by atoms with Gasteiger partial charge in [-0.1, -0.05) is 44.2 Å². The minimum Gasteiger partial charge on any atom is -0.483 e. The van der Waals surface area contributed by atoms with Crippen molar-refractivity contribution in [3.63, 3.8) is 0 Å². The number of nitrogens with zero attached hydrogens (tertiary/aromatic N) is 1. The Morgan fingerprint density at radius 1 is 1.12 bits per heavy atom. The highest BCUT2D eigenvalue weighted by atomic mass is 16.5. The Kier molecular flexibility index (Phi) is 9.32. The summed E-state index contributed by atoms with van der Waals surface area (Å²) in [7, 11) is 0. The first kappa shape index (κ1) is 28.9. The summed E-state index contributed by atoms with van der Waals surface area (Å²) in [6, 6.07) is 15.1. The van der Waals surface area contributed by atoms with Gasteiger partial charge >= 0.3 is 5.97 Å². The van der Waals surface area contributed by atoms with E-state index in [1.165, 1.54) is 28.7 Å². The van der Waals surface area contributed by atoms with E-state index in [1.807, 2.05) is 0 Å². The first-order chi connectivity index (χ1) is 19.3. The molecule has 2 unspecified atom stereocenters. The predicted molar refractivity (Wildman–Crippen MR) is 161 cm³/mol. The average molecular weight is 546 g/mol. The number of aryl methyl sites for hydroxylation is 1. The van der Waals surface area contributed by atoms with Crippen LogP contribution in [0.5, 0.6) is 11.5 Å².